The third-order valence-electron chi connectivity index (χ3n) is 2.85. The Morgan fingerprint density at radius 1 is 1.50 bits per heavy atom. The summed E-state index contributed by atoms with van der Waals surface area (Å²) in [5, 5.41) is 0. The van der Waals surface area contributed by atoms with Gasteiger partial charge in [-0.2, -0.15) is 0 Å². The topological polar surface area (TPSA) is 43.3 Å². The Morgan fingerprint density at radius 3 is 2.44 bits per heavy atom. The Labute approximate surface area is 97.7 Å². The van der Waals surface area contributed by atoms with Gasteiger partial charge in [-0.1, -0.05) is 20.8 Å². The highest BCUT2D eigenvalue weighted by atomic mass is 15.0. The fourth-order valence-corrected chi connectivity index (χ4v) is 1.88. The van der Waals surface area contributed by atoms with Crippen molar-refractivity contribution in [2.75, 3.05) is 0 Å². The minimum atomic E-state index is 0.111. The molecular weight excluding hydrogens is 198 g/mol. The highest BCUT2D eigenvalue weighted by molar-refractivity contribution is 5.66. The Bertz CT molecular complexity index is 431. The number of rotatable bonds is 2. The molecule has 88 valence electrons. The maximum absolute atomic E-state index is 5.95. The van der Waals surface area contributed by atoms with Crippen molar-refractivity contribution in [2.45, 2.75) is 33.1 Å². The van der Waals surface area contributed by atoms with Gasteiger partial charge in [0.25, 0.3) is 0 Å². The van der Waals surface area contributed by atoms with Crippen LogP contribution in [0.4, 0.5) is 0 Å². The van der Waals surface area contributed by atoms with Crippen molar-refractivity contribution in [1.29, 1.82) is 0 Å². The van der Waals surface area contributed by atoms with Crippen LogP contribution >= 0.6 is 0 Å². The van der Waals surface area contributed by atoms with Gasteiger partial charge in [0.2, 0.25) is 0 Å². The van der Waals surface area contributed by atoms with Crippen molar-refractivity contribution in [2.24, 2.45) is 17.8 Å². The standard InChI is InChI=1S/C13H21N3/c1-9-10(11(14)8-15-5)7-12(16(9)6)13(2,3)4/h7-8H,5,14H2,1-4,6H3/b11-8+. The average Bonchev–Trinajstić information content (AvgIpc) is 2.44. The molecule has 0 aliphatic rings. The predicted molar refractivity (Wildman–Crippen MR) is 70.6 cm³/mol. The molecule has 0 fully saturated rings. The van der Waals surface area contributed by atoms with Gasteiger partial charge in [-0.15, -0.1) is 0 Å². The zero-order chi connectivity index (χ0) is 12.5. The first-order chi connectivity index (χ1) is 7.29. The van der Waals surface area contributed by atoms with Gasteiger partial charge in [0.1, 0.15) is 0 Å². The molecule has 0 aliphatic carbocycles. The predicted octanol–water partition coefficient (Wildman–Crippen LogP) is 2.59. The highest BCUT2D eigenvalue weighted by Gasteiger charge is 2.21. The lowest BCUT2D eigenvalue weighted by Crippen LogP contribution is -2.16. The van der Waals surface area contributed by atoms with E-state index in [0.717, 1.165) is 11.3 Å². The zero-order valence-electron chi connectivity index (χ0n) is 10.8. The first kappa shape index (κ1) is 12.6. The first-order valence-electron chi connectivity index (χ1n) is 5.37. The summed E-state index contributed by atoms with van der Waals surface area (Å²) in [4.78, 5) is 3.71. The lowest BCUT2D eigenvalue weighted by molar-refractivity contribution is 0.540. The Morgan fingerprint density at radius 2 is 2.06 bits per heavy atom. The summed E-state index contributed by atoms with van der Waals surface area (Å²) in [6, 6.07) is 2.13. The highest BCUT2D eigenvalue weighted by Crippen LogP contribution is 2.28. The third kappa shape index (κ3) is 2.18. The average molecular weight is 219 g/mol. The van der Waals surface area contributed by atoms with Crippen LogP contribution in [0, 0.1) is 6.92 Å². The molecule has 3 heteroatoms. The van der Waals surface area contributed by atoms with Gasteiger partial charge in [-0.25, -0.2) is 0 Å². The molecule has 0 bridgehead atoms. The van der Waals surface area contributed by atoms with Crippen LogP contribution < -0.4 is 5.73 Å². The maximum Gasteiger partial charge on any atom is 0.0591 e. The monoisotopic (exact) mass is 219 g/mol. The molecule has 1 aromatic rings. The zero-order valence-corrected chi connectivity index (χ0v) is 10.8. The molecular formula is C13H21N3. The lowest BCUT2D eigenvalue weighted by Gasteiger charge is -2.19. The molecule has 0 saturated carbocycles. The van der Waals surface area contributed by atoms with Gasteiger partial charge in [0.15, 0.2) is 0 Å². The van der Waals surface area contributed by atoms with E-state index >= 15 is 0 Å². The quantitative estimate of drug-likeness (QED) is 0.763. The molecule has 16 heavy (non-hydrogen) atoms. The van der Waals surface area contributed by atoms with Gasteiger partial charge in [-0.05, 0) is 19.7 Å². The molecule has 0 amide bonds. The van der Waals surface area contributed by atoms with Gasteiger partial charge in [-0.3, -0.25) is 4.99 Å². The molecule has 0 aromatic carbocycles. The summed E-state index contributed by atoms with van der Waals surface area (Å²) in [7, 11) is 2.06. The fourth-order valence-electron chi connectivity index (χ4n) is 1.88. The Balaban J connectivity index is 3.36. The van der Waals surface area contributed by atoms with Crippen LogP contribution in [0.3, 0.4) is 0 Å². The smallest absolute Gasteiger partial charge is 0.0591 e. The van der Waals surface area contributed by atoms with E-state index in [9.17, 15) is 0 Å². The van der Waals surface area contributed by atoms with Crippen molar-refractivity contribution in [1.82, 2.24) is 4.57 Å². The number of hydrogen-bond donors (Lipinski definition) is 1. The van der Waals surface area contributed by atoms with E-state index in [4.69, 9.17) is 5.73 Å². The van der Waals surface area contributed by atoms with Gasteiger partial charge in [0.05, 0.1) is 5.70 Å². The van der Waals surface area contributed by atoms with Crippen LogP contribution in [0.25, 0.3) is 5.70 Å². The van der Waals surface area contributed by atoms with Gasteiger partial charge >= 0.3 is 0 Å². The van der Waals surface area contributed by atoms with Crippen LogP contribution in [0.5, 0.6) is 0 Å². The SMILES string of the molecule is C=N/C=C(/N)c1cc(C(C)(C)C)n(C)c1C. The van der Waals surface area contributed by atoms with Crippen molar-refractivity contribution in [3.63, 3.8) is 0 Å². The van der Waals surface area contributed by atoms with Crippen LogP contribution in [0.15, 0.2) is 17.3 Å². The van der Waals surface area contributed by atoms with E-state index in [1.165, 1.54) is 5.69 Å². The maximum atomic E-state index is 5.95. The van der Waals surface area contributed by atoms with Gasteiger partial charge in [0, 0.05) is 35.6 Å². The molecule has 0 saturated heterocycles. The van der Waals surface area contributed by atoms with Crippen molar-refractivity contribution in [3.8, 4) is 0 Å². The number of nitrogens with zero attached hydrogens (tertiary/aromatic N) is 2. The van der Waals surface area contributed by atoms with Crippen LogP contribution in [0.1, 0.15) is 37.7 Å². The second-order valence-corrected chi connectivity index (χ2v) is 5.10. The van der Waals surface area contributed by atoms with Crippen LogP contribution in [-0.4, -0.2) is 11.3 Å². The summed E-state index contributed by atoms with van der Waals surface area (Å²) < 4.78 is 2.18. The molecule has 1 heterocycles. The third-order valence-corrected chi connectivity index (χ3v) is 2.85. The van der Waals surface area contributed by atoms with E-state index in [1.54, 1.807) is 6.20 Å². The van der Waals surface area contributed by atoms with E-state index in [2.05, 4.69) is 57.1 Å². The number of aliphatic imine (C=N–C) groups is 1. The van der Waals surface area contributed by atoms with E-state index in [0.29, 0.717) is 5.70 Å². The van der Waals surface area contributed by atoms with E-state index in [1.807, 2.05) is 0 Å². The second-order valence-electron chi connectivity index (χ2n) is 5.10. The number of aromatic nitrogens is 1. The summed E-state index contributed by atoms with van der Waals surface area (Å²) >= 11 is 0. The Hall–Kier alpha value is -1.51. The normalized spacial score (nSPS) is 12.9. The van der Waals surface area contributed by atoms with Crippen molar-refractivity contribution >= 4 is 12.4 Å². The van der Waals surface area contributed by atoms with Crippen LogP contribution in [0.2, 0.25) is 0 Å². The number of nitrogens with two attached hydrogens (primary N) is 1. The van der Waals surface area contributed by atoms with Crippen molar-refractivity contribution < 1.29 is 0 Å². The van der Waals surface area contributed by atoms with Gasteiger partial charge < -0.3 is 10.3 Å². The molecule has 0 radical (unpaired) electrons. The summed E-state index contributed by atoms with van der Waals surface area (Å²) in [6.45, 7) is 12.1. The minimum Gasteiger partial charge on any atom is -0.397 e. The number of hydrogen-bond acceptors (Lipinski definition) is 2. The lowest BCUT2D eigenvalue weighted by atomic mass is 9.92. The molecule has 1 aromatic heterocycles. The summed E-state index contributed by atoms with van der Waals surface area (Å²) in [6.07, 6.45) is 1.59. The molecule has 3 nitrogen and oxygen atoms in total. The van der Waals surface area contributed by atoms with Crippen molar-refractivity contribution in [3.05, 3.63) is 29.2 Å². The molecule has 2 N–H and O–H groups in total. The van der Waals surface area contributed by atoms with E-state index in [-0.39, 0.29) is 5.41 Å². The summed E-state index contributed by atoms with van der Waals surface area (Å²) in [5.74, 6) is 0. The van der Waals surface area contributed by atoms with Crippen LogP contribution in [-0.2, 0) is 12.5 Å². The second kappa shape index (κ2) is 4.16. The first-order valence-corrected chi connectivity index (χ1v) is 5.37. The minimum absolute atomic E-state index is 0.111. The summed E-state index contributed by atoms with van der Waals surface area (Å²) in [5.41, 5.74) is 10.2. The molecule has 0 atom stereocenters. The molecule has 0 unspecified atom stereocenters. The molecule has 0 aliphatic heterocycles. The fraction of sp³-hybridized carbons (Fsp3) is 0.462. The Kier molecular flexibility index (Phi) is 3.27. The largest absolute Gasteiger partial charge is 0.397 e. The molecule has 0 spiro atoms. The van der Waals surface area contributed by atoms with E-state index < -0.39 is 0 Å². The molecule has 1 rings (SSSR count).